The number of piperazine rings is 1. The summed E-state index contributed by atoms with van der Waals surface area (Å²) in [6, 6.07) is -0.308. The lowest BCUT2D eigenvalue weighted by molar-refractivity contribution is -0.150. The molecule has 1 saturated heterocycles. The topological polar surface area (TPSA) is 49.4 Å². The average Bonchev–Trinajstić information content (AvgIpc) is 3.05. The minimum Gasteiger partial charge on any atom is -0.343 e. The highest BCUT2D eigenvalue weighted by Crippen LogP contribution is 2.41. The van der Waals surface area contributed by atoms with Gasteiger partial charge in [-0.25, -0.2) is 0 Å². The van der Waals surface area contributed by atoms with Crippen LogP contribution in [0.5, 0.6) is 0 Å². The van der Waals surface area contributed by atoms with Gasteiger partial charge in [0, 0.05) is 6.04 Å². The van der Waals surface area contributed by atoms with Gasteiger partial charge < -0.3 is 10.2 Å². The van der Waals surface area contributed by atoms with Crippen molar-refractivity contribution in [2.24, 2.45) is 11.8 Å². The molecule has 4 unspecified atom stereocenters. The molecule has 0 radical (unpaired) electrons. The number of amides is 2. The van der Waals surface area contributed by atoms with E-state index in [-0.39, 0.29) is 23.9 Å². The van der Waals surface area contributed by atoms with Crippen LogP contribution < -0.4 is 5.32 Å². The van der Waals surface area contributed by atoms with E-state index < -0.39 is 0 Å². The first-order valence-corrected chi connectivity index (χ1v) is 7.58. The predicted molar refractivity (Wildman–Crippen MR) is 74.5 cm³/mol. The molecule has 1 heterocycles. The molecule has 4 heteroatoms. The second-order valence-electron chi connectivity index (χ2n) is 6.46. The summed E-state index contributed by atoms with van der Waals surface area (Å²) in [5.41, 5.74) is 0. The van der Waals surface area contributed by atoms with E-state index in [0.717, 1.165) is 25.7 Å². The maximum Gasteiger partial charge on any atom is 0.246 e. The number of hydrogen-bond acceptors (Lipinski definition) is 2. The van der Waals surface area contributed by atoms with Crippen LogP contribution in [0, 0.1) is 11.8 Å². The van der Waals surface area contributed by atoms with E-state index in [1.165, 1.54) is 0 Å². The Hall–Kier alpha value is -1.06. The van der Waals surface area contributed by atoms with Crippen molar-refractivity contribution in [2.45, 2.75) is 71.5 Å². The number of nitrogens with one attached hydrogen (secondary N) is 1. The fourth-order valence-electron chi connectivity index (χ4n) is 3.19. The van der Waals surface area contributed by atoms with E-state index in [2.05, 4.69) is 26.1 Å². The van der Waals surface area contributed by atoms with Crippen LogP contribution >= 0.6 is 0 Å². The van der Waals surface area contributed by atoms with Gasteiger partial charge in [0.15, 0.2) is 0 Å². The van der Waals surface area contributed by atoms with Crippen LogP contribution in [-0.2, 0) is 9.59 Å². The zero-order valence-corrected chi connectivity index (χ0v) is 12.5. The Balaban J connectivity index is 2.07. The van der Waals surface area contributed by atoms with Gasteiger partial charge in [0.2, 0.25) is 11.8 Å². The van der Waals surface area contributed by atoms with Gasteiger partial charge in [-0.15, -0.1) is 0 Å². The molecular formula is C15H26N2O2. The minimum atomic E-state index is -0.313. The highest BCUT2D eigenvalue weighted by molar-refractivity contribution is 5.97. The van der Waals surface area contributed by atoms with Crippen molar-refractivity contribution in [3.8, 4) is 0 Å². The van der Waals surface area contributed by atoms with Crippen LogP contribution in [0.3, 0.4) is 0 Å². The first-order chi connectivity index (χ1) is 8.95. The van der Waals surface area contributed by atoms with E-state index >= 15 is 0 Å². The molecule has 1 aliphatic carbocycles. The molecule has 2 aliphatic rings. The number of hydrogen-bond donors (Lipinski definition) is 1. The Morgan fingerprint density at radius 2 is 2.05 bits per heavy atom. The van der Waals surface area contributed by atoms with Crippen LogP contribution in [0.15, 0.2) is 0 Å². The van der Waals surface area contributed by atoms with Crippen molar-refractivity contribution in [1.29, 1.82) is 0 Å². The van der Waals surface area contributed by atoms with E-state index in [1.807, 2.05) is 11.8 Å². The lowest BCUT2D eigenvalue weighted by Crippen LogP contribution is -2.63. The van der Waals surface area contributed by atoms with Crippen LogP contribution in [0.2, 0.25) is 0 Å². The molecule has 2 rings (SSSR count). The zero-order chi connectivity index (χ0) is 14.2. The Bertz CT molecular complexity index is 367. The van der Waals surface area contributed by atoms with Crippen molar-refractivity contribution in [3.05, 3.63) is 0 Å². The Morgan fingerprint density at radius 1 is 1.37 bits per heavy atom. The first-order valence-electron chi connectivity index (χ1n) is 7.58. The van der Waals surface area contributed by atoms with Crippen molar-refractivity contribution in [1.82, 2.24) is 10.2 Å². The molecule has 4 atom stereocenters. The summed E-state index contributed by atoms with van der Waals surface area (Å²) in [5, 5.41) is 2.88. The third kappa shape index (κ3) is 2.93. The highest BCUT2D eigenvalue weighted by Gasteiger charge is 2.50. The van der Waals surface area contributed by atoms with Crippen molar-refractivity contribution < 1.29 is 9.59 Å². The second-order valence-corrected chi connectivity index (χ2v) is 6.46. The van der Waals surface area contributed by atoms with Gasteiger partial charge in [0.1, 0.15) is 12.1 Å². The zero-order valence-electron chi connectivity index (χ0n) is 12.5. The predicted octanol–water partition coefficient (Wildman–Crippen LogP) is 1.94. The molecule has 19 heavy (non-hydrogen) atoms. The van der Waals surface area contributed by atoms with Crippen LogP contribution in [0.25, 0.3) is 0 Å². The largest absolute Gasteiger partial charge is 0.343 e. The smallest absolute Gasteiger partial charge is 0.246 e. The van der Waals surface area contributed by atoms with Crippen LogP contribution in [-0.4, -0.2) is 34.8 Å². The van der Waals surface area contributed by atoms with Gasteiger partial charge in [-0.1, -0.05) is 27.2 Å². The third-order valence-corrected chi connectivity index (χ3v) is 4.27. The summed E-state index contributed by atoms with van der Waals surface area (Å²) < 4.78 is 0. The molecule has 0 aromatic carbocycles. The summed E-state index contributed by atoms with van der Waals surface area (Å²) in [5.74, 6) is 1.16. The quantitative estimate of drug-likeness (QED) is 0.826. The molecule has 108 valence electrons. The molecule has 0 bridgehead atoms. The van der Waals surface area contributed by atoms with E-state index in [1.54, 1.807) is 0 Å². The molecule has 1 aliphatic heterocycles. The fourth-order valence-corrected chi connectivity index (χ4v) is 3.19. The highest BCUT2D eigenvalue weighted by atomic mass is 16.2. The SMILES string of the molecule is CCCC1CC1N1C(=O)C(CC(C)C)NC(=O)C1C. The third-order valence-electron chi connectivity index (χ3n) is 4.27. The summed E-state index contributed by atoms with van der Waals surface area (Å²) in [6.45, 7) is 8.18. The molecule has 4 nitrogen and oxygen atoms in total. The maximum absolute atomic E-state index is 12.6. The van der Waals surface area contributed by atoms with Crippen molar-refractivity contribution in [2.75, 3.05) is 0 Å². The van der Waals surface area contributed by atoms with Gasteiger partial charge in [-0.2, -0.15) is 0 Å². The van der Waals surface area contributed by atoms with E-state index in [9.17, 15) is 9.59 Å². The molecule has 0 aromatic heterocycles. The van der Waals surface area contributed by atoms with Crippen LogP contribution in [0.1, 0.15) is 53.4 Å². The van der Waals surface area contributed by atoms with E-state index in [4.69, 9.17) is 0 Å². The normalized spacial score (nSPS) is 34.7. The van der Waals surface area contributed by atoms with Gasteiger partial charge in [-0.3, -0.25) is 9.59 Å². The minimum absolute atomic E-state index is 0.00685. The van der Waals surface area contributed by atoms with Gasteiger partial charge in [-0.05, 0) is 38.0 Å². The summed E-state index contributed by atoms with van der Waals surface area (Å²) in [4.78, 5) is 26.5. The molecule has 0 aromatic rings. The van der Waals surface area contributed by atoms with Crippen molar-refractivity contribution >= 4 is 11.8 Å². The molecule has 1 N–H and O–H groups in total. The average molecular weight is 266 g/mol. The number of carbonyl (C=O) groups excluding carboxylic acids is 2. The number of rotatable bonds is 5. The second kappa shape index (κ2) is 5.51. The molecule has 0 spiro atoms. The lowest BCUT2D eigenvalue weighted by Gasteiger charge is -2.38. The Labute approximate surface area is 115 Å². The summed E-state index contributed by atoms with van der Waals surface area (Å²) in [7, 11) is 0. The molecular weight excluding hydrogens is 240 g/mol. The summed E-state index contributed by atoms with van der Waals surface area (Å²) >= 11 is 0. The number of carbonyl (C=O) groups is 2. The van der Waals surface area contributed by atoms with Gasteiger partial charge >= 0.3 is 0 Å². The first kappa shape index (κ1) is 14.4. The monoisotopic (exact) mass is 266 g/mol. The Kier molecular flexibility index (Phi) is 4.16. The number of nitrogens with zero attached hydrogens (tertiary/aromatic N) is 1. The standard InChI is InChI=1S/C15H26N2O2/c1-5-6-11-8-13(11)17-10(4)14(18)16-12(15(17)19)7-9(2)3/h9-13H,5-8H2,1-4H3,(H,16,18). The van der Waals surface area contributed by atoms with Crippen molar-refractivity contribution in [3.63, 3.8) is 0 Å². The lowest BCUT2D eigenvalue weighted by atomic mass is 9.98. The van der Waals surface area contributed by atoms with E-state index in [0.29, 0.717) is 17.9 Å². The molecule has 2 fully saturated rings. The van der Waals surface area contributed by atoms with Crippen LogP contribution in [0.4, 0.5) is 0 Å². The van der Waals surface area contributed by atoms with Gasteiger partial charge in [0.05, 0.1) is 0 Å². The Morgan fingerprint density at radius 3 is 2.63 bits per heavy atom. The maximum atomic E-state index is 12.6. The molecule has 2 amide bonds. The summed E-state index contributed by atoms with van der Waals surface area (Å²) in [6.07, 6.45) is 4.13. The van der Waals surface area contributed by atoms with Gasteiger partial charge in [0.25, 0.3) is 0 Å². The molecule has 1 saturated carbocycles. The fraction of sp³-hybridized carbons (Fsp3) is 0.867.